The van der Waals surface area contributed by atoms with Crippen LogP contribution in [0.4, 0.5) is 8.78 Å². The predicted octanol–water partition coefficient (Wildman–Crippen LogP) is 2.34. The normalized spacial score (nSPS) is 10.5. The number of esters is 1. The maximum Gasteiger partial charge on any atom is 0.387 e. The molecule has 0 saturated heterocycles. The highest BCUT2D eigenvalue weighted by Gasteiger charge is 2.14. The summed E-state index contributed by atoms with van der Waals surface area (Å²) in [6.45, 7) is -2.03. The van der Waals surface area contributed by atoms with Gasteiger partial charge in [0.1, 0.15) is 0 Å². The van der Waals surface area contributed by atoms with Crippen LogP contribution in [0.1, 0.15) is 18.4 Å². The number of methoxy groups -OCH3 is 2. The molecule has 118 valence electrons. The summed E-state index contributed by atoms with van der Waals surface area (Å²) in [4.78, 5) is 10.9. The van der Waals surface area contributed by atoms with Crippen LogP contribution < -0.4 is 14.8 Å². The van der Waals surface area contributed by atoms with E-state index in [-0.39, 0.29) is 17.5 Å². The molecular weight excluding hydrogens is 284 g/mol. The summed E-state index contributed by atoms with van der Waals surface area (Å²) in [5.41, 5.74) is 0.563. The fourth-order valence-corrected chi connectivity index (χ4v) is 1.77. The fourth-order valence-electron chi connectivity index (χ4n) is 1.77. The van der Waals surface area contributed by atoms with Crippen molar-refractivity contribution in [2.24, 2.45) is 0 Å². The van der Waals surface area contributed by atoms with Crippen molar-refractivity contribution in [1.29, 1.82) is 0 Å². The maximum absolute atomic E-state index is 12.4. The van der Waals surface area contributed by atoms with Gasteiger partial charge in [-0.25, -0.2) is 0 Å². The minimum Gasteiger partial charge on any atom is -0.493 e. The van der Waals surface area contributed by atoms with Gasteiger partial charge in [-0.3, -0.25) is 4.79 Å². The molecule has 1 aromatic rings. The summed E-state index contributed by atoms with van der Waals surface area (Å²) in [7, 11) is 2.72. The molecule has 5 nitrogen and oxygen atoms in total. The van der Waals surface area contributed by atoms with Crippen LogP contribution in [0, 0.1) is 0 Å². The third kappa shape index (κ3) is 5.95. The second kappa shape index (κ2) is 9.12. The van der Waals surface area contributed by atoms with Crippen molar-refractivity contribution in [3.8, 4) is 11.5 Å². The molecule has 0 amide bonds. The first kappa shape index (κ1) is 17.2. The molecule has 0 aliphatic rings. The van der Waals surface area contributed by atoms with Crippen LogP contribution >= 0.6 is 0 Å². The van der Waals surface area contributed by atoms with Crippen molar-refractivity contribution in [1.82, 2.24) is 5.32 Å². The van der Waals surface area contributed by atoms with Crippen LogP contribution in [-0.4, -0.2) is 33.3 Å². The van der Waals surface area contributed by atoms with Crippen molar-refractivity contribution in [3.05, 3.63) is 23.8 Å². The third-order valence-corrected chi connectivity index (χ3v) is 2.76. The van der Waals surface area contributed by atoms with Gasteiger partial charge >= 0.3 is 12.6 Å². The Kier molecular flexibility index (Phi) is 7.45. The zero-order valence-corrected chi connectivity index (χ0v) is 12.0. The smallest absolute Gasteiger partial charge is 0.387 e. The highest BCUT2D eigenvalue weighted by atomic mass is 19.3. The number of carbonyl (C=O) groups excluding carboxylic acids is 1. The third-order valence-electron chi connectivity index (χ3n) is 2.76. The molecule has 0 bridgehead atoms. The fraction of sp³-hybridized carbons (Fsp3) is 0.500. The number of hydrogen-bond acceptors (Lipinski definition) is 5. The molecule has 0 aromatic heterocycles. The second-order valence-corrected chi connectivity index (χ2v) is 4.18. The Morgan fingerprint density at radius 1 is 1.33 bits per heavy atom. The molecule has 1 N–H and O–H groups in total. The summed E-state index contributed by atoms with van der Waals surface area (Å²) >= 11 is 0. The Labute approximate surface area is 122 Å². The van der Waals surface area contributed by atoms with Gasteiger partial charge in [-0.15, -0.1) is 0 Å². The number of ether oxygens (including phenoxy) is 3. The molecule has 0 unspecified atom stereocenters. The van der Waals surface area contributed by atoms with E-state index in [4.69, 9.17) is 4.74 Å². The van der Waals surface area contributed by atoms with Crippen LogP contribution in [-0.2, 0) is 16.1 Å². The molecular formula is C14H19F2NO4. The molecule has 21 heavy (non-hydrogen) atoms. The van der Waals surface area contributed by atoms with Crippen LogP contribution in [0.2, 0.25) is 0 Å². The summed E-state index contributed by atoms with van der Waals surface area (Å²) in [6, 6.07) is 4.93. The molecule has 1 aromatic carbocycles. The number of carbonyl (C=O) groups is 1. The molecule has 0 spiro atoms. The van der Waals surface area contributed by atoms with Gasteiger partial charge in [-0.2, -0.15) is 8.78 Å². The number of para-hydroxylation sites is 1. The highest BCUT2D eigenvalue weighted by Crippen LogP contribution is 2.32. The van der Waals surface area contributed by atoms with E-state index in [0.29, 0.717) is 31.5 Å². The summed E-state index contributed by atoms with van der Waals surface area (Å²) in [6.07, 6.45) is 0.906. The average molecular weight is 303 g/mol. The van der Waals surface area contributed by atoms with Gasteiger partial charge in [0.05, 0.1) is 14.2 Å². The molecule has 7 heteroatoms. The Morgan fingerprint density at radius 2 is 2.10 bits per heavy atom. The summed E-state index contributed by atoms with van der Waals surface area (Å²) in [5.74, 6) is -0.000434. The molecule has 0 heterocycles. The van der Waals surface area contributed by atoms with E-state index < -0.39 is 6.61 Å². The van der Waals surface area contributed by atoms with Crippen molar-refractivity contribution < 1.29 is 27.8 Å². The number of nitrogens with one attached hydrogen (secondary N) is 1. The minimum atomic E-state index is -2.92. The van der Waals surface area contributed by atoms with Gasteiger partial charge in [0.15, 0.2) is 11.5 Å². The van der Waals surface area contributed by atoms with Gasteiger partial charge in [0, 0.05) is 18.5 Å². The molecule has 0 aliphatic heterocycles. The van der Waals surface area contributed by atoms with Crippen molar-refractivity contribution in [2.45, 2.75) is 26.0 Å². The maximum atomic E-state index is 12.4. The monoisotopic (exact) mass is 303 g/mol. The lowest BCUT2D eigenvalue weighted by molar-refractivity contribution is -0.140. The first-order chi connectivity index (χ1) is 10.1. The Hall–Kier alpha value is -1.89. The quantitative estimate of drug-likeness (QED) is 0.560. The molecule has 0 aliphatic carbocycles. The van der Waals surface area contributed by atoms with E-state index in [2.05, 4.69) is 14.8 Å². The number of hydrogen-bond donors (Lipinski definition) is 1. The first-order valence-electron chi connectivity index (χ1n) is 6.46. The van der Waals surface area contributed by atoms with Crippen LogP contribution in [0.3, 0.4) is 0 Å². The Morgan fingerprint density at radius 3 is 2.71 bits per heavy atom. The molecule has 1 rings (SSSR count). The van der Waals surface area contributed by atoms with Crippen LogP contribution in [0.15, 0.2) is 18.2 Å². The highest BCUT2D eigenvalue weighted by molar-refractivity contribution is 5.69. The summed E-state index contributed by atoms with van der Waals surface area (Å²) < 4.78 is 38.9. The summed E-state index contributed by atoms with van der Waals surface area (Å²) in [5, 5.41) is 3.06. The minimum absolute atomic E-state index is 0.0236. The van der Waals surface area contributed by atoms with E-state index in [1.165, 1.54) is 14.2 Å². The van der Waals surface area contributed by atoms with Gasteiger partial charge in [0.2, 0.25) is 0 Å². The standard InChI is InChI=1S/C14H19F2NO4/c1-19-11-6-3-5-10(13(11)21-14(15)16)9-17-8-4-7-12(18)20-2/h3,5-6,14,17H,4,7-9H2,1-2H3. The van der Waals surface area contributed by atoms with E-state index in [1.54, 1.807) is 18.2 Å². The number of alkyl halides is 2. The molecule has 0 fully saturated rings. The lowest BCUT2D eigenvalue weighted by Crippen LogP contribution is -2.17. The molecule has 0 saturated carbocycles. The molecule has 0 radical (unpaired) electrons. The predicted molar refractivity (Wildman–Crippen MR) is 72.6 cm³/mol. The lowest BCUT2D eigenvalue weighted by atomic mass is 10.2. The zero-order valence-electron chi connectivity index (χ0n) is 12.0. The largest absolute Gasteiger partial charge is 0.493 e. The van der Waals surface area contributed by atoms with Gasteiger partial charge in [-0.1, -0.05) is 12.1 Å². The SMILES string of the molecule is COC(=O)CCCNCc1cccc(OC)c1OC(F)F. The number of benzene rings is 1. The van der Waals surface area contributed by atoms with Crippen LogP contribution in [0.25, 0.3) is 0 Å². The van der Waals surface area contributed by atoms with Crippen LogP contribution in [0.5, 0.6) is 11.5 Å². The van der Waals surface area contributed by atoms with Crippen molar-refractivity contribution >= 4 is 5.97 Å². The molecule has 0 atom stereocenters. The van der Waals surface area contributed by atoms with Gasteiger partial charge in [0.25, 0.3) is 0 Å². The van der Waals surface area contributed by atoms with Crippen molar-refractivity contribution in [2.75, 3.05) is 20.8 Å². The Balaban J connectivity index is 2.55. The van der Waals surface area contributed by atoms with Gasteiger partial charge < -0.3 is 19.5 Å². The van der Waals surface area contributed by atoms with E-state index in [0.717, 1.165) is 0 Å². The number of rotatable bonds is 9. The van der Waals surface area contributed by atoms with Crippen molar-refractivity contribution in [3.63, 3.8) is 0 Å². The average Bonchev–Trinajstić information content (AvgIpc) is 2.47. The van der Waals surface area contributed by atoms with E-state index in [1.807, 2.05) is 0 Å². The first-order valence-corrected chi connectivity index (χ1v) is 6.46. The lowest BCUT2D eigenvalue weighted by Gasteiger charge is -2.14. The zero-order chi connectivity index (χ0) is 15.7. The van der Waals surface area contributed by atoms with E-state index >= 15 is 0 Å². The Bertz CT molecular complexity index is 455. The number of halogens is 2. The topological polar surface area (TPSA) is 56.8 Å². The van der Waals surface area contributed by atoms with Gasteiger partial charge in [-0.05, 0) is 19.0 Å². The van der Waals surface area contributed by atoms with E-state index in [9.17, 15) is 13.6 Å². The second-order valence-electron chi connectivity index (χ2n) is 4.18.